The molecule has 1 aromatic carbocycles. The topological polar surface area (TPSA) is 63.8 Å². The summed E-state index contributed by atoms with van der Waals surface area (Å²) in [6.07, 6.45) is 1.28. The first-order chi connectivity index (χ1) is 7.66. The van der Waals surface area contributed by atoms with Crippen LogP contribution in [-0.4, -0.2) is 9.97 Å². The van der Waals surface area contributed by atoms with Crippen LogP contribution in [0, 0.1) is 5.82 Å². The number of hydrogen-bond donors (Lipinski definition) is 2. The van der Waals surface area contributed by atoms with Crippen LogP contribution in [-0.2, 0) is 0 Å². The molecule has 3 N–H and O–H groups in total. The Morgan fingerprint density at radius 3 is 2.81 bits per heavy atom. The number of benzene rings is 1. The van der Waals surface area contributed by atoms with Gasteiger partial charge in [0.25, 0.3) is 0 Å². The third-order valence-corrected chi connectivity index (χ3v) is 2.22. The summed E-state index contributed by atoms with van der Waals surface area (Å²) in [7, 11) is 0. The van der Waals surface area contributed by atoms with Crippen LogP contribution in [0.15, 0.2) is 30.6 Å². The van der Waals surface area contributed by atoms with E-state index in [0.29, 0.717) is 11.6 Å². The first-order valence-corrected chi connectivity index (χ1v) is 4.83. The quantitative estimate of drug-likeness (QED) is 0.844. The summed E-state index contributed by atoms with van der Waals surface area (Å²) in [4.78, 5) is 7.62. The maximum Gasteiger partial charge on any atom is 0.148 e. The third-order valence-electron chi connectivity index (χ3n) is 1.90. The molecule has 0 fully saturated rings. The van der Waals surface area contributed by atoms with Crippen molar-refractivity contribution in [2.45, 2.75) is 0 Å². The zero-order valence-corrected chi connectivity index (χ0v) is 8.87. The Labute approximate surface area is 96.3 Å². The van der Waals surface area contributed by atoms with E-state index >= 15 is 0 Å². The van der Waals surface area contributed by atoms with Crippen molar-refractivity contribution >= 4 is 28.9 Å². The van der Waals surface area contributed by atoms with Crippen LogP contribution in [0.4, 0.5) is 21.7 Å². The fourth-order valence-electron chi connectivity index (χ4n) is 1.19. The number of nitrogens with zero attached hydrogens (tertiary/aromatic N) is 2. The summed E-state index contributed by atoms with van der Waals surface area (Å²) >= 11 is 5.84. The summed E-state index contributed by atoms with van der Waals surface area (Å²) in [5.41, 5.74) is 5.64. The minimum atomic E-state index is -0.454. The van der Waals surface area contributed by atoms with E-state index in [1.165, 1.54) is 24.5 Å². The number of nitrogens with one attached hydrogen (secondary N) is 1. The molecule has 0 aliphatic heterocycles. The van der Waals surface area contributed by atoms with Gasteiger partial charge in [0.2, 0.25) is 0 Å². The SMILES string of the molecule is Nc1cc(Nc2c(F)cccc2Cl)ncn1. The van der Waals surface area contributed by atoms with E-state index in [0.717, 1.165) is 0 Å². The van der Waals surface area contributed by atoms with Gasteiger partial charge in [-0.3, -0.25) is 0 Å². The molecule has 0 saturated heterocycles. The van der Waals surface area contributed by atoms with Gasteiger partial charge in [-0.1, -0.05) is 17.7 Å². The molecule has 6 heteroatoms. The van der Waals surface area contributed by atoms with Crippen LogP contribution in [0.3, 0.4) is 0 Å². The van der Waals surface area contributed by atoms with E-state index in [1.807, 2.05) is 0 Å². The average Bonchev–Trinajstić information content (AvgIpc) is 2.24. The minimum Gasteiger partial charge on any atom is -0.384 e. The molecule has 16 heavy (non-hydrogen) atoms. The molecule has 0 bridgehead atoms. The van der Waals surface area contributed by atoms with Crippen molar-refractivity contribution in [1.29, 1.82) is 0 Å². The van der Waals surface area contributed by atoms with Crippen LogP contribution >= 0.6 is 11.6 Å². The number of hydrogen-bond acceptors (Lipinski definition) is 4. The number of rotatable bonds is 2. The van der Waals surface area contributed by atoms with Gasteiger partial charge < -0.3 is 11.1 Å². The largest absolute Gasteiger partial charge is 0.384 e. The molecule has 4 nitrogen and oxygen atoms in total. The van der Waals surface area contributed by atoms with Crippen molar-refractivity contribution < 1.29 is 4.39 Å². The number of para-hydroxylation sites is 1. The normalized spacial score (nSPS) is 10.1. The highest BCUT2D eigenvalue weighted by atomic mass is 35.5. The molecule has 2 rings (SSSR count). The van der Waals surface area contributed by atoms with Gasteiger partial charge in [-0.15, -0.1) is 0 Å². The smallest absolute Gasteiger partial charge is 0.148 e. The first kappa shape index (κ1) is 10.6. The van der Waals surface area contributed by atoms with Crippen molar-refractivity contribution in [3.63, 3.8) is 0 Å². The van der Waals surface area contributed by atoms with Crippen LogP contribution in [0.2, 0.25) is 5.02 Å². The molecule has 0 atom stereocenters. The highest BCUT2D eigenvalue weighted by Crippen LogP contribution is 2.27. The van der Waals surface area contributed by atoms with E-state index in [4.69, 9.17) is 17.3 Å². The second-order valence-electron chi connectivity index (χ2n) is 3.05. The lowest BCUT2D eigenvalue weighted by atomic mass is 10.3. The van der Waals surface area contributed by atoms with Gasteiger partial charge in [0, 0.05) is 6.07 Å². The Balaban J connectivity index is 2.34. The minimum absolute atomic E-state index is 0.169. The average molecular weight is 239 g/mol. The highest BCUT2D eigenvalue weighted by Gasteiger charge is 2.07. The number of nitrogen functional groups attached to an aromatic ring is 1. The number of aromatic nitrogens is 2. The molecule has 0 unspecified atom stereocenters. The standard InChI is InChI=1S/C10H8ClFN4/c11-6-2-1-3-7(12)10(6)16-9-4-8(13)14-5-15-9/h1-5H,(H3,13,14,15,16). The molecule has 0 saturated carbocycles. The fourth-order valence-corrected chi connectivity index (χ4v) is 1.40. The number of anilines is 3. The van der Waals surface area contributed by atoms with E-state index in [2.05, 4.69) is 15.3 Å². The second kappa shape index (κ2) is 4.32. The highest BCUT2D eigenvalue weighted by molar-refractivity contribution is 6.33. The van der Waals surface area contributed by atoms with Gasteiger partial charge in [0.05, 0.1) is 10.7 Å². The van der Waals surface area contributed by atoms with E-state index in [9.17, 15) is 4.39 Å². The molecule has 1 heterocycles. The molecule has 0 aliphatic rings. The maximum absolute atomic E-state index is 13.4. The van der Waals surface area contributed by atoms with Crippen LogP contribution in [0.25, 0.3) is 0 Å². The lowest BCUT2D eigenvalue weighted by Gasteiger charge is -2.08. The Morgan fingerprint density at radius 1 is 1.31 bits per heavy atom. The van der Waals surface area contributed by atoms with Gasteiger partial charge in [-0.2, -0.15) is 0 Å². The summed E-state index contributed by atoms with van der Waals surface area (Å²) in [6.45, 7) is 0. The third kappa shape index (κ3) is 2.20. The van der Waals surface area contributed by atoms with Gasteiger partial charge in [-0.05, 0) is 12.1 Å². The molecule has 2 aromatic rings. The monoisotopic (exact) mass is 238 g/mol. The molecular weight excluding hydrogens is 231 g/mol. The molecular formula is C10H8ClFN4. The Kier molecular flexibility index (Phi) is 2.87. The zero-order chi connectivity index (χ0) is 11.5. The Morgan fingerprint density at radius 2 is 2.12 bits per heavy atom. The van der Waals surface area contributed by atoms with Gasteiger partial charge in [-0.25, -0.2) is 14.4 Å². The van der Waals surface area contributed by atoms with Crippen molar-refractivity contribution in [1.82, 2.24) is 9.97 Å². The van der Waals surface area contributed by atoms with E-state index in [1.54, 1.807) is 6.07 Å². The summed E-state index contributed by atoms with van der Waals surface area (Å²) < 4.78 is 13.4. The summed E-state index contributed by atoms with van der Waals surface area (Å²) in [5.74, 6) is 0.231. The molecule has 0 radical (unpaired) electrons. The van der Waals surface area contributed by atoms with Crippen molar-refractivity contribution in [3.05, 3.63) is 41.4 Å². The van der Waals surface area contributed by atoms with E-state index in [-0.39, 0.29) is 10.7 Å². The molecule has 82 valence electrons. The first-order valence-electron chi connectivity index (χ1n) is 4.45. The van der Waals surface area contributed by atoms with Crippen LogP contribution < -0.4 is 11.1 Å². The number of halogens is 2. The van der Waals surface area contributed by atoms with Crippen molar-refractivity contribution in [2.24, 2.45) is 0 Å². The second-order valence-corrected chi connectivity index (χ2v) is 3.46. The van der Waals surface area contributed by atoms with Crippen LogP contribution in [0.1, 0.15) is 0 Å². The lowest BCUT2D eigenvalue weighted by Crippen LogP contribution is -1.99. The molecule has 0 spiro atoms. The van der Waals surface area contributed by atoms with E-state index < -0.39 is 5.82 Å². The fraction of sp³-hybridized carbons (Fsp3) is 0. The number of nitrogens with two attached hydrogens (primary N) is 1. The summed E-state index contributed by atoms with van der Waals surface area (Å²) in [5, 5.41) is 3.02. The van der Waals surface area contributed by atoms with Crippen molar-refractivity contribution in [3.8, 4) is 0 Å². The predicted molar refractivity (Wildman–Crippen MR) is 61.1 cm³/mol. The Hall–Kier alpha value is -1.88. The van der Waals surface area contributed by atoms with Crippen LogP contribution in [0.5, 0.6) is 0 Å². The predicted octanol–water partition coefficient (Wildman–Crippen LogP) is 2.59. The lowest BCUT2D eigenvalue weighted by molar-refractivity contribution is 0.632. The molecule has 0 amide bonds. The molecule has 0 aliphatic carbocycles. The summed E-state index contributed by atoms with van der Waals surface area (Å²) in [6, 6.07) is 5.90. The maximum atomic E-state index is 13.4. The van der Waals surface area contributed by atoms with Gasteiger partial charge in [0.15, 0.2) is 0 Å². The zero-order valence-electron chi connectivity index (χ0n) is 8.11. The van der Waals surface area contributed by atoms with Crippen molar-refractivity contribution in [2.75, 3.05) is 11.1 Å². The molecule has 1 aromatic heterocycles. The Bertz CT molecular complexity index is 498. The van der Waals surface area contributed by atoms with Gasteiger partial charge in [0.1, 0.15) is 23.8 Å². The van der Waals surface area contributed by atoms with Gasteiger partial charge >= 0.3 is 0 Å².